The number of carbonyl (C=O) groups is 1. The number of halogens is 1. The van der Waals surface area contributed by atoms with Crippen LogP contribution >= 0.6 is 23.8 Å². The summed E-state index contributed by atoms with van der Waals surface area (Å²) in [6, 6.07) is 5.27. The van der Waals surface area contributed by atoms with Gasteiger partial charge in [-0.2, -0.15) is 0 Å². The molecule has 96 valence electrons. The van der Waals surface area contributed by atoms with Crippen molar-refractivity contribution < 1.29 is 4.79 Å². The Labute approximate surface area is 116 Å². The molecule has 1 aliphatic heterocycles. The van der Waals surface area contributed by atoms with Crippen LogP contribution in [0.3, 0.4) is 0 Å². The summed E-state index contributed by atoms with van der Waals surface area (Å²) in [5.74, 6) is 0.0239. The summed E-state index contributed by atoms with van der Waals surface area (Å²) in [5.41, 5.74) is 7.12. The van der Waals surface area contributed by atoms with Crippen molar-refractivity contribution in [3.8, 4) is 0 Å². The predicted octanol–water partition coefficient (Wildman–Crippen LogP) is 1.30. The van der Waals surface area contributed by atoms with E-state index in [1.165, 1.54) is 0 Å². The van der Waals surface area contributed by atoms with Gasteiger partial charge in [0, 0.05) is 24.3 Å². The molecule has 0 radical (unpaired) electrons. The van der Waals surface area contributed by atoms with Crippen LogP contribution in [0, 0.1) is 0 Å². The molecule has 0 saturated carbocycles. The molecule has 0 aliphatic carbocycles. The smallest absolute Gasteiger partial charge is 0.242 e. The monoisotopic (exact) mass is 283 g/mol. The van der Waals surface area contributed by atoms with Gasteiger partial charge >= 0.3 is 0 Å². The normalized spacial score (nSPS) is 19.6. The van der Waals surface area contributed by atoms with Gasteiger partial charge in [-0.25, -0.2) is 0 Å². The Bertz CT molecular complexity index is 506. The minimum Gasteiger partial charge on any atom is -0.389 e. The number of hydrogen-bond donors (Lipinski definition) is 2. The maximum Gasteiger partial charge on any atom is 0.242 e. The Balaban J connectivity index is 2.31. The van der Waals surface area contributed by atoms with E-state index in [2.05, 4.69) is 5.32 Å². The fourth-order valence-electron chi connectivity index (χ4n) is 2.02. The van der Waals surface area contributed by atoms with Crippen LogP contribution in [0.15, 0.2) is 18.2 Å². The van der Waals surface area contributed by atoms with Gasteiger partial charge in [-0.05, 0) is 25.1 Å². The fraction of sp³-hybridized carbons (Fsp3) is 0.333. The van der Waals surface area contributed by atoms with E-state index in [0.717, 1.165) is 12.2 Å². The lowest BCUT2D eigenvalue weighted by Crippen LogP contribution is -2.54. The Hall–Kier alpha value is -1.33. The van der Waals surface area contributed by atoms with Crippen LogP contribution < -0.4 is 16.0 Å². The van der Waals surface area contributed by atoms with Crippen molar-refractivity contribution in [1.29, 1.82) is 0 Å². The molecule has 0 bridgehead atoms. The molecule has 2 rings (SSSR count). The lowest BCUT2D eigenvalue weighted by atomic mass is 10.1. The number of carbonyl (C=O) groups excluding carboxylic acids is 1. The average Bonchev–Trinajstić information content (AvgIpc) is 2.32. The van der Waals surface area contributed by atoms with E-state index in [1.807, 2.05) is 17.9 Å². The highest BCUT2D eigenvalue weighted by molar-refractivity contribution is 7.80. The highest BCUT2D eigenvalue weighted by Gasteiger charge is 2.25. The number of rotatable bonds is 2. The predicted molar refractivity (Wildman–Crippen MR) is 77.2 cm³/mol. The third-order valence-electron chi connectivity index (χ3n) is 3.05. The molecule has 1 heterocycles. The second-order valence-corrected chi connectivity index (χ2v) is 5.04. The summed E-state index contributed by atoms with van der Waals surface area (Å²) in [6.07, 6.45) is 0. The molecule has 0 spiro atoms. The van der Waals surface area contributed by atoms with Gasteiger partial charge < -0.3 is 16.0 Å². The summed E-state index contributed by atoms with van der Waals surface area (Å²) >= 11 is 11.0. The summed E-state index contributed by atoms with van der Waals surface area (Å²) < 4.78 is 0. The zero-order valence-corrected chi connectivity index (χ0v) is 11.5. The Morgan fingerprint density at radius 2 is 2.33 bits per heavy atom. The van der Waals surface area contributed by atoms with E-state index in [0.29, 0.717) is 17.1 Å². The molecule has 1 atom stereocenters. The van der Waals surface area contributed by atoms with Crippen molar-refractivity contribution in [2.24, 2.45) is 5.73 Å². The first kappa shape index (κ1) is 13.1. The molecule has 1 aromatic carbocycles. The topological polar surface area (TPSA) is 58.4 Å². The first-order chi connectivity index (χ1) is 8.50. The molecule has 4 nitrogen and oxygen atoms in total. The van der Waals surface area contributed by atoms with Gasteiger partial charge in [-0.3, -0.25) is 4.79 Å². The SMILES string of the molecule is CC1C(=O)NCCN1c1ccc(C(N)=S)c(Cl)c1. The molecule has 1 aromatic rings. The number of nitrogens with one attached hydrogen (secondary N) is 1. The molecule has 1 fully saturated rings. The van der Waals surface area contributed by atoms with Crippen LogP contribution in [0.1, 0.15) is 12.5 Å². The minimum atomic E-state index is -0.203. The highest BCUT2D eigenvalue weighted by Crippen LogP contribution is 2.25. The number of nitrogens with zero attached hydrogens (tertiary/aromatic N) is 1. The summed E-state index contributed by atoms with van der Waals surface area (Å²) in [6.45, 7) is 3.26. The summed E-state index contributed by atoms with van der Waals surface area (Å²) in [7, 11) is 0. The maximum atomic E-state index is 11.6. The van der Waals surface area contributed by atoms with E-state index in [-0.39, 0.29) is 16.9 Å². The van der Waals surface area contributed by atoms with Gasteiger partial charge in [0.05, 0.1) is 5.02 Å². The maximum absolute atomic E-state index is 11.6. The third kappa shape index (κ3) is 2.42. The van der Waals surface area contributed by atoms with Crippen molar-refractivity contribution in [3.63, 3.8) is 0 Å². The van der Waals surface area contributed by atoms with Gasteiger partial charge in [0.1, 0.15) is 11.0 Å². The van der Waals surface area contributed by atoms with Crippen LogP contribution in [-0.4, -0.2) is 30.0 Å². The number of nitrogens with two attached hydrogens (primary N) is 1. The zero-order chi connectivity index (χ0) is 13.3. The third-order valence-corrected chi connectivity index (χ3v) is 3.58. The number of amides is 1. The largest absolute Gasteiger partial charge is 0.389 e. The van der Waals surface area contributed by atoms with Gasteiger partial charge in [-0.15, -0.1) is 0 Å². The molecule has 1 saturated heterocycles. The Morgan fingerprint density at radius 3 is 2.94 bits per heavy atom. The van der Waals surface area contributed by atoms with E-state index in [4.69, 9.17) is 29.6 Å². The van der Waals surface area contributed by atoms with E-state index in [9.17, 15) is 4.79 Å². The van der Waals surface area contributed by atoms with Gasteiger partial charge in [-0.1, -0.05) is 23.8 Å². The van der Waals surface area contributed by atoms with E-state index in [1.54, 1.807) is 12.1 Å². The number of piperazine rings is 1. The average molecular weight is 284 g/mol. The lowest BCUT2D eigenvalue weighted by molar-refractivity contribution is -0.122. The summed E-state index contributed by atoms with van der Waals surface area (Å²) in [5, 5.41) is 3.33. The van der Waals surface area contributed by atoms with Crippen LogP contribution in [0.5, 0.6) is 0 Å². The second-order valence-electron chi connectivity index (χ2n) is 4.19. The van der Waals surface area contributed by atoms with Crippen molar-refractivity contribution in [2.45, 2.75) is 13.0 Å². The van der Waals surface area contributed by atoms with Gasteiger partial charge in [0.25, 0.3) is 0 Å². The number of hydrogen-bond acceptors (Lipinski definition) is 3. The second kappa shape index (κ2) is 5.12. The standard InChI is InChI=1S/C12H14ClN3OS/c1-7-12(17)15-4-5-16(7)8-2-3-9(11(14)18)10(13)6-8/h2-3,6-7H,4-5H2,1H3,(H2,14,18)(H,15,17). The van der Waals surface area contributed by atoms with Crippen molar-refractivity contribution in [2.75, 3.05) is 18.0 Å². The van der Waals surface area contributed by atoms with Crippen molar-refractivity contribution >= 4 is 40.4 Å². The number of anilines is 1. The first-order valence-corrected chi connectivity index (χ1v) is 6.43. The van der Waals surface area contributed by atoms with Gasteiger partial charge in [0.15, 0.2) is 0 Å². The van der Waals surface area contributed by atoms with Crippen LogP contribution in [0.25, 0.3) is 0 Å². The van der Waals surface area contributed by atoms with Gasteiger partial charge in [0.2, 0.25) is 5.91 Å². The molecule has 18 heavy (non-hydrogen) atoms. The van der Waals surface area contributed by atoms with Crippen LogP contribution in [-0.2, 0) is 4.79 Å². The fourth-order valence-corrected chi connectivity index (χ4v) is 2.53. The first-order valence-electron chi connectivity index (χ1n) is 5.64. The van der Waals surface area contributed by atoms with Crippen LogP contribution in [0.4, 0.5) is 5.69 Å². The lowest BCUT2D eigenvalue weighted by Gasteiger charge is -2.34. The molecule has 1 amide bonds. The zero-order valence-electron chi connectivity index (χ0n) is 9.94. The Kier molecular flexibility index (Phi) is 3.73. The number of thiocarbonyl (C=S) groups is 1. The van der Waals surface area contributed by atoms with Crippen molar-refractivity contribution in [1.82, 2.24) is 5.32 Å². The van der Waals surface area contributed by atoms with Crippen LogP contribution in [0.2, 0.25) is 5.02 Å². The van der Waals surface area contributed by atoms with E-state index >= 15 is 0 Å². The summed E-state index contributed by atoms with van der Waals surface area (Å²) in [4.78, 5) is 13.9. The molecule has 0 aromatic heterocycles. The molecule has 3 N–H and O–H groups in total. The quantitative estimate of drug-likeness (QED) is 0.804. The number of benzene rings is 1. The molecule has 1 aliphatic rings. The molecule has 6 heteroatoms. The highest BCUT2D eigenvalue weighted by atomic mass is 35.5. The molecular formula is C12H14ClN3OS. The molecule has 1 unspecified atom stereocenters. The van der Waals surface area contributed by atoms with Crippen molar-refractivity contribution in [3.05, 3.63) is 28.8 Å². The molecular weight excluding hydrogens is 270 g/mol. The Morgan fingerprint density at radius 1 is 1.61 bits per heavy atom. The minimum absolute atomic E-state index is 0.0239. The van der Waals surface area contributed by atoms with E-state index < -0.39 is 0 Å².